The van der Waals surface area contributed by atoms with Crippen LogP contribution in [0, 0.1) is 5.92 Å². The first-order chi connectivity index (χ1) is 9.81. The van der Waals surface area contributed by atoms with Crippen LogP contribution in [0.4, 0.5) is 0 Å². The van der Waals surface area contributed by atoms with Crippen molar-refractivity contribution in [2.45, 2.75) is 50.5 Å². The van der Waals surface area contributed by atoms with Crippen LogP contribution in [-0.4, -0.2) is 20.4 Å². The first kappa shape index (κ1) is 16.0. The monoisotopic (exact) mass is 310 g/mol. The minimum atomic E-state index is -3.80. The van der Waals surface area contributed by atoms with E-state index < -0.39 is 10.0 Å². The van der Waals surface area contributed by atoms with Crippen molar-refractivity contribution in [3.63, 3.8) is 0 Å². The summed E-state index contributed by atoms with van der Waals surface area (Å²) in [5.74, 6) is 0.410. The van der Waals surface area contributed by atoms with Crippen molar-refractivity contribution in [1.29, 1.82) is 0 Å². The number of sulfonamides is 1. The van der Waals surface area contributed by atoms with Gasteiger partial charge in [-0.1, -0.05) is 19.9 Å². The molecule has 0 heterocycles. The molecule has 0 spiro atoms. The van der Waals surface area contributed by atoms with Crippen LogP contribution in [0.2, 0.25) is 0 Å². The number of nitrogens with two attached hydrogens (primary N) is 1. The Morgan fingerprint density at radius 1 is 1.38 bits per heavy atom. The highest BCUT2D eigenvalue weighted by Gasteiger charge is 2.24. The third-order valence-electron chi connectivity index (χ3n) is 4.07. The van der Waals surface area contributed by atoms with Gasteiger partial charge >= 0.3 is 0 Å². The van der Waals surface area contributed by atoms with Gasteiger partial charge in [-0.2, -0.15) is 0 Å². The molecule has 1 saturated carbocycles. The van der Waals surface area contributed by atoms with Crippen molar-refractivity contribution >= 4 is 15.9 Å². The molecule has 2 rings (SSSR count). The van der Waals surface area contributed by atoms with Gasteiger partial charge in [-0.25, -0.2) is 13.6 Å². The van der Waals surface area contributed by atoms with Crippen LogP contribution in [0.3, 0.4) is 0 Å². The third kappa shape index (κ3) is 3.83. The molecule has 1 aliphatic carbocycles. The summed E-state index contributed by atoms with van der Waals surface area (Å²) < 4.78 is 22.9. The predicted octanol–water partition coefficient (Wildman–Crippen LogP) is 1.81. The summed E-state index contributed by atoms with van der Waals surface area (Å²) in [7, 11) is -3.80. The van der Waals surface area contributed by atoms with Crippen LogP contribution in [0.5, 0.6) is 0 Å². The van der Waals surface area contributed by atoms with Gasteiger partial charge in [-0.05, 0) is 49.3 Å². The Hall–Kier alpha value is -1.40. The second-order valence-corrected chi connectivity index (χ2v) is 7.37. The van der Waals surface area contributed by atoms with Crippen LogP contribution in [0.25, 0.3) is 0 Å². The van der Waals surface area contributed by atoms with Crippen molar-refractivity contribution in [2.75, 3.05) is 0 Å². The molecule has 3 N–H and O–H groups in total. The molecule has 1 aliphatic rings. The number of hydrogen-bond donors (Lipinski definition) is 2. The smallest absolute Gasteiger partial charge is 0.251 e. The summed E-state index contributed by atoms with van der Waals surface area (Å²) in [4.78, 5) is 12.4. The second kappa shape index (κ2) is 6.15. The molecule has 5 nitrogen and oxygen atoms in total. The summed E-state index contributed by atoms with van der Waals surface area (Å²) in [5, 5.41) is 8.14. The second-order valence-electron chi connectivity index (χ2n) is 5.81. The van der Waals surface area contributed by atoms with Gasteiger partial charge in [0, 0.05) is 11.6 Å². The van der Waals surface area contributed by atoms with Crippen molar-refractivity contribution in [3.05, 3.63) is 29.3 Å². The van der Waals surface area contributed by atoms with E-state index in [2.05, 4.69) is 12.2 Å². The number of carbonyl (C=O) groups is 1. The first-order valence-corrected chi connectivity index (χ1v) is 8.82. The molecule has 0 radical (unpaired) electrons. The average molecular weight is 310 g/mol. The fourth-order valence-electron chi connectivity index (χ4n) is 2.85. The molecule has 0 bridgehead atoms. The van der Waals surface area contributed by atoms with Crippen molar-refractivity contribution < 1.29 is 13.2 Å². The van der Waals surface area contributed by atoms with Crippen LogP contribution in [-0.2, 0) is 16.4 Å². The predicted molar refractivity (Wildman–Crippen MR) is 81.5 cm³/mol. The van der Waals surface area contributed by atoms with E-state index in [1.165, 1.54) is 12.1 Å². The summed E-state index contributed by atoms with van der Waals surface area (Å²) in [5.41, 5.74) is 1.23. The Bertz CT molecular complexity index is 640. The summed E-state index contributed by atoms with van der Waals surface area (Å²) in [6, 6.07) is 4.66. The average Bonchev–Trinajstić information content (AvgIpc) is 2.82. The van der Waals surface area contributed by atoms with E-state index in [4.69, 9.17) is 5.14 Å². The third-order valence-corrected chi connectivity index (χ3v) is 4.98. The lowest BCUT2D eigenvalue weighted by atomic mass is 10.0. The molecule has 116 valence electrons. The number of benzene rings is 1. The van der Waals surface area contributed by atoms with E-state index in [0.29, 0.717) is 17.9 Å². The number of aryl methyl sites for hydroxylation is 1. The molecule has 0 aliphatic heterocycles. The Morgan fingerprint density at radius 2 is 2.10 bits per heavy atom. The van der Waals surface area contributed by atoms with Crippen LogP contribution in [0.15, 0.2) is 23.1 Å². The zero-order valence-corrected chi connectivity index (χ0v) is 13.2. The maximum absolute atomic E-state index is 12.4. The first-order valence-electron chi connectivity index (χ1n) is 7.27. The van der Waals surface area contributed by atoms with E-state index in [1.807, 2.05) is 6.92 Å². The minimum absolute atomic E-state index is 0.0235. The lowest BCUT2D eigenvalue weighted by Crippen LogP contribution is -2.33. The SMILES string of the molecule is CCc1ccc(S(N)(=O)=O)cc1C(=O)NC1CCC(C)C1. The Morgan fingerprint density at radius 3 is 2.62 bits per heavy atom. The molecule has 1 amide bonds. The normalized spacial score (nSPS) is 22.2. The topological polar surface area (TPSA) is 89.3 Å². The van der Waals surface area contributed by atoms with E-state index >= 15 is 0 Å². The maximum Gasteiger partial charge on any atom is 0.251 e. The molecule has 2 unspecified atom stereocenters. The molecular formula is C15H22N2O3S. The number of hydrogen-bond acceptors (Lipinski definition) is 3. The Balaban J connectivity index is 2.26. The van der Waals surface area contributed by atoms with Gasteiger partial charge in [0.1, 0.15) is 0 Å². The van der Waals surface area contributed by atoms with Gasteiger partial charge in [-0.3, -0.25) is 4.79 Å². The largest absolute Gasteiger partial charge is 0.349 e. The van der Waals surface area contributed by atoms with Gasteiger partial charge in [0.05, 0.1) is 4.90 Å². The van der Waals surface area contributed by atoms with Gasteiger partial charge in [0.15, 0.2) is 0 Å². The zero-order valence-electron chi connectivity index (χ0n) is 12.4. The Kier molecular flexibility index (Phi) is 4.68. The molecule has 1 fully saturated rings. The quantitative estimate of drug-likeness (QED) is 0.889. The standard InChI is InChI=1S/C15H22N2O3S/c1-3-11-5-7-13(21(16,19)20)9-14(11)15(18)17-12-6-4-10(2)8-12/h5,7,9-10,12H,3-4,6,8H2,1-2H3,(H,17,18)(H2,16,19,20). The van der Waals surface area contributed by atoms with Crippen molar-refractivity contribution in [2.24, 2.45) is 11.1 Å². The van der Waals surface area contributed by atoms with Gasteiger partial charge in [0.2, 0.25) is 10.0 Å². The van der Waals surface area contributed by atoms with E-state index in [9.17, 15) is 13.2 Å². The zero-order chi connectivity index (χ0) is 15.6. The number of rotatable bonds is 4. The van der Waals surface area contributed by atoms with Gasteiger partial charge in [-0.15, -0.1) is 0 Å². The van der Waals surface area contributed by atoms with E-state index in [0.717, 1.165) is 24.8 Å². The number of nitrogens with one attached hydrogen (secondary N) is 1. The van der Waals surface area contributed by atoms with E-state index in [1.54, 1.807) is 6.07 Å². The molecule has 0 saturated heterocycles. The summed E-state index contributed by atoms with van der Waals surface area (Å²) in [6.45, 7) is 4.10. The Labute approximate surface area is 126 Å². The molecular weight excluding hydrogens is 288 g/mol. The molecule has 6 heteroatoms. The van der Waals surface area contributed by atoms with Crippen LogP contribution in [0.1, 0.15) is 49.0 Å². The van der Waals surface area contributed by atoms with Gasteiger partial charge < -0.3 is 5.32 Å². The minimum Gasteiger partial charge on any atom is -0.349 e. The summed E-state index contributed by atoms with van der Waals surface area (Å²) in [6.07, 6.45) is 3.73. The van der Waals surface area contributed by atoms with Crippen LogP contribution < -0.4 is 10.5 Å². The highest BCUT2D eigenvalue weighted by molar-refractivity contribution is 7.89. The molecule has 0 aromatic heterocycles. The number of carbonyl (C=O) groups excluding carboxylic acids is 1. The fourth-order valence-corrected chi connectivity index (χ4v) is 3.39. The molecule has 1 aromatic rings. The summed E-state index contributed by atoms with van der Waals surface area (Å²) >= 11 is 0. The number of amides is 1. The van der Waals surface area contributed by atoms with Gasteiger partial charge in [0.25, 0.3) is 5.91 Å². The van der Waals surface area contributed by atoms with Crippen molar-refractivity contribution in [1.82, 2.24) is 5.32 Å². The highest BCUT2D eigenvalue weighted by Crippen LogP contribution is 2.25. The molecule has 1 aromatic carbocycles. The number of primary sulfonamides is 1. The highest BCUT2D eigenvalue weighted by atomic mass is 32.2. The fraction of sp³-hybridized carbons (Fsp3) is 0.533. The molecule has 2 atom stereocenters. The van der Waals surface area contributed by atoms with Crippen LogP contribution >= 0.6 is 0 Å². The molecule has 21 heavy (non-hydrogen) atoms. The lowest BCUT2D eigenvalue weighted by Gasteiger charge is -2.15. The maximum atomic E-state index is 12.4. The van der Waals surface area contributed by atoms with Crippen molar-refractivity contribution in [3.8, 4) is 0 Å². The lowest BCUT2D eigenvalue weighted by molar-refractivity contribution is 0.0936. The van der Waals surface area contributed by atoms with E-state index in [-0.39, 0.29) is 16.8 Å².